The van der Waals surface area contributed by atoms with Crippen molar-refractivity contribution >= 4 is 35.2 Å². The first-order valence-corrected chi connectivity index (χ1v) is 19.3. The largest absolute Gasteiger partial charge is 0.465 e. The van der Waals surface area contributed by atoms with E-state index >= 15 is 0 Å². The number of benzene rings is 4. The zero-order valence-electron chi connectivity index (χ0n) is 32.9. The third-order valence-corrected chi connectivity index (χ3v) is 10.1. The molecule has 12 nitrogen and oxygen atoms in total. The molecule has 2 fully saturated rings. The Balaban J connectivity index is 0.000000214. The monoisotopic (exact) mass is 761 g/mol. The summed E-state index contributed by atoms with van der Waals surface area (Å²) in [5, 5.41) is 0. The van der Waals surface area contributed by atoms with Gasteiger partial charge in [0.25, 0.3) is 0 Å². The van der Waals surface area contributed by atoms with Crippen molar-refractivity contribution in [3.63, 3.8) is 0 Å². The number of methoxy groups -OCH3 is 1. The van der Waals surface area contributed by atoms with Gasteiger partial charge in [0.05, 0.1) is 32.3 Å². The summed E-state index contributed by atoms with van der Waals surface area (Å²) < 4.78 is 4.75. The van der Waals surface area contributed by atoms with Crippen molar-refractivity contribution in [3.8, 4) is 0 Å². The molecular weight excluding hydrogens is 707 g/mol. The van der Waals surface area contributed by atoms with E-state index in [1.54, 1.807) is 29.2 Å². The molecule has 2 saturated heterocycles. The van der Waals surface area contributed by atoms with Gasteiger partial charge in [0.1, 0.15) is 0 Å². The minimum absolute atomic E-state index is 0.00260. The quantitative estimate of drug-likeness (QED) is 0.167. The maximum absolute atomic E-state index is 13.3. The fourth-order valence-electron chi connectivity index (χ4n) is 6.71. The molecule has 0 atom stereocenters. The SMILES string of the molecule is CN1CCCN(C(=O)N(Cc2ccc(C(=O)CN)cc2)c2ccccc2)CC1.COC(=O)c1ccc(CN(C(=O)N2CCCN(C)CC2)c2ccccc2)cc1. The van der Waals surface area contributed by atoms with E-state index in [4.69, 9.17) is 10.5 Å². The minimum Gasteiger partial charge on any atom is -0.465 e. The van der Waals surface area contributed by atoms with Crippen LogP contribution >= 0.6 is 0 Å². The number of nitrogens with two attached hydrogens (primary N) is 1. The maximum Gasteiger partial charge on any atom is 0.337 e. The number of nitrogens with zero attached hydrogens (tertiary/aromatic N) is 6. The van der Waals surface area contributed by atoms with Crippen molar-refractivity contribution < 1.29 is 23.9 Å². The van der Waals surface area contributed by atoms with Gasteiger partial charge in [0.2, 0.25) is 0 Å². The predicted molar refractivity (Wildman–Crippen MR) is 221 cm³/mol. The summed E-state index contributed by atoms with van der Waals surface area (Å²) >= 11 is 0. The number of urea groups is 2. The average molecular weight is 762 g/mol. The van der Waals surface area contributed by atoms with Crippen LogP contribution in [0.5, 0.6) is 0 Å². The maximum atomic E-state index is 13.3. The summed E-state index contributed by atoms with van der Waals surface area (Å²) in [6.45, 7) is 7.62. The molecule has 2 aliphatic heterocycles. The van der Waals surface area contributed by atoms with E-state index in [-0.39, 0.29) is 30.4 Å². The zero-order chi connectivity index (χ0) is 39.9. The van der Waals surface area contributed by atoms with E-state index in [2.05, 4.69) is 23.9 Å². The van der Waals surface area contributed by atoms with Gasteiger partial charge in [-0.05, 0) is 87.6 Å². The highest BCUT2D eigenvalue weighted by molar-refractivity contribution is 5.97. The number of esters is 1. The molecule has 4 amide bonds. The zero-order valence-corrected chi connectivity index (χ0v) is 32.9. The fraction of sp³-hybridized carbons (Fsp3) is 0.364. The van der Waals surface area contributed by atoms with Crippen molar-refractivity contribution in [3.05, 3.63) is 131 Å². The summed E-state index contributed by atoms with van der Waals surface area (Å²) in [7, 11) is 5.55. The summed E-state index contributed by atoms with van der Waals surface area (Å²) in [6, 6.07) is 34.0. The van der Waals surface area contributed by atoms with E-state index in [9.17, 15) is 19.2 Å². The fourth-order valence-corrected chi connectivity index (χ4v) is 6.71. The van der Waals surface area contributed by atoms with Gasteiger partial charge in [-0.1, -0.05) is 72.8 Å². The van der Waals surface area contributed by atoms with Crippen LogP contribution < -0.4 is 15.5 Å². The van der Waals surface area contributed by atoms with Crippen molar-refractivity contribution in [2.24, 2.45) is 5.73 Å². The molecular formula is C44H55N7O5. The Morgan fingerprint density at radius 3 is 1.36 bits per heavy atom. The highest BCUT2D eigenvalue weighted by atomic mass is 16.5. The van der Waals surface area contributed by atoms with Crippen LogP contribution in [0, 0.1) is 0 Å². The lowest BCUT2D eigenvalue weighted by molar-refractivity contribution is 0.0600. The number of carbonyl (C=O) groups is 4. The van der Waals surface area contributed by atoms with E-state index in [0.29, 0.717) is 24.2 Å². The highest BCUT2D eigenvalue weighted by Gasteiger charge is 2.26. The van der Waals surface area contributed by atoms with Crippen LogP contribution in [0.25, 0.3) is 0 Å². The van der Waals surface area contributed by atoms with Crippen molar-refractivity contribution in [1.82, 2.24) is 19.6 Å². The first-order chi connectivity index (χ1) is 27.2. The lowest BCUT2D eigenvalue weighted by atomic mass is 10.1. The minimum atomic E-state index is -0.365. The van der Waals surface area contributed by atoms with Gasteiger partial charge in [-0.3, -0.25) is 14.6 Å². The molecule has 2 aliphatic rings. The lowest BCUT2D eigenvalue weighted by Crippen LogP contribution is -2.44. The normalized spacial score (nSPS) is 15.1. The van der Waals surface area contributed by atoms with Crippen molar-refractivity contribution in [2.75, 3.05) is 89.9 Å². The second kappa shape index (κ2) is 20.9. The van der Waals surface area contributed by atoms with Gasteiger partial charge >= 0.3 is 18.0 Å². The molecule has 12 heteroatoms. The predicted octanol–water partition coefficient (Wildman–Crippen LogP) is 5.83. The van der Waals surface area contributed by atoms with E-state index < -0.39 is 0 Å². The second-order valence-electron chi connectivity index (χ2n) is 14.2. The molecule has 4 aromatic carbocycles. The van der Waals surface area contributed by atoms with Crippen LogP contribution in [0.2, 0.25) is 0 Å². The first-order valence-electron chi connectivity index (χ1n) is 19.3. The number of amides is 4. The van der Waals surface area contributed by atoms with Gasteiger partial charge < -0.3 is 30.1 Å². The van der Waals surface area contributed by atoms with Crippen LogP contribution in [0.4, 0.5) is 21.0 Å². The Hall–Kier alpha value is -5.56. The molecule has 4 aromatic rings. The summed E-state index contributed by atoms with van der Waals surface area (Å²) in [5.74, 6) is -0.451. The highest BCUT2D eigenvalue weighted by Crippen LogP contribution is 2.22. The molecule has 56 heavy (non-hydrogen) atoms. The Labute approximate surface area is 331 Å². The molecule has 296 valence electrons. The molecule has 0 aliphatic carbocycles. The van der Waals surface area contributed by atoms with Crippen LogP contribution in [-0.2, 0) is 17.8 Å². The van der Waals surface area contributed by atoms with E-state index in [1.165, 1.54) is 7.11 Å². The van der Waals surface area contributed by atoms with Gasteiger partial charge in [-0.15, -0.1) is 0 Å². The topological polar surface area (TPSA) is 123 Å². The average Bonchev–Trinajstić information content (AvgIpc) is 3.61. The molecule has 0 aromatic heterocycles. The van der Waals surface area contributed by atoms with E-state index in [1.807, 2.05) is 99.6 Å². The van der Waals surface area contributed by atoms with Crippen LogP contribution in [-0.4, -0.2) is 124 Å². The lowest BCUT2D eigenvalue weighted by Gasteiger charge is -2.30. The molecule has 0 saturated carbocycles. The molecule has 2 heterocycles. The summed E-state index contributed by atoms with van der Waals surface area (Å²) in [4.78, 5) is 62.1. The number of hydrogen-bond donors (Lipinski definition) is 1. The molecule has 0 bridgehead atoms. The number of ether oxygens (including phenoxy) is 1. The Morgan fingerprint density at radius 2 is 0.964 bits per heavy atom. The summed E-state index contributed by atoms with van der Waals surface area (Å²) in [5.41, 5.74) is 10.2. The van der Waals surface area contributed by atoms with Crippen molar-refractivity contribution in [2.45, 2.75) is 25.9 Å². The Bertz CT molecular complexity index is 1720. The number of anilines is 2. The molecule has 0 unspecified atom stereocenters. The number of Topliss-reactive ketones (excluding diaryl/α,β-unsaturated/α-hetero) is 1. The van der Waals surface area contributed by atoms with Gasteiger partial charge in [-0.25, -0.2) is 14.4 Å². The van der Waals surface area contributed by atoms with Gasteiger partial charge in [-0.2, -0.15) is 0 Å². The number of hydrogen-bond acceptors (Lipinski definition) is 8. The van der Waals surface area contributed by atoms with Crippen LogP contribution in [0.3, 0.4) is 0 Å². The van der Waals surface area contributed by atoms with Gasteiger partial charge in [0.15, 0.2) is 5.78 Å². The molecule has 0 radical (unpaired) electrons. The van der Waals surface area contributed by atoms with Gasteiger partial charge in [0, 0.05) is 56.2 Å². The van der Waals surface area contributed by atoms with Crippen LogP contribution in [0.1, 0.15) is 44.7 Å². The Morgan fingerprint density at radius 1 is 0.554 bits per heavy atom. The number of para-hydroxylation sites is 2. The smallest absolute Gasteiger partial charge is 0.337 e. The third-order valence-electron chi connectivity index (χ3n) is 10.1. The van der Waals surface area contributed by atoms with Crippen molar-refractivity contribution in [1.29, 1.82) is 0 Å². The number of rotatable bonds is 9. The van der Waals surface area contributed by atoms with Crippen LogP contribution in [0.15, 0.2) is 109 Å². The second-order valence-corrected chi connectivity index (χ2v) is 14.2. The number of likely N-dealkylation sites (N-methyl/N-ethyl adjacent to an activating group) is 2. The standard InChI is InChI=1S/C22H28N4O2.C22H27N3O3/c1-24-12-5-13-25(15-14-24)22(28)26(20-6-3-2-4-7-20)17-18-8-10-19(11-9-18)21(27)16-23;1-23-13-6-14-24(16-15-23)22(27)25(20-7-4-3-5-8-20)17-18-9-11-19(12-10-18)21(26)28-2/h2-4,6-11H,5,12-17,23H2,1H3;3-5,7-12H,6,13-17H2,1-2H3. The molecule has 2 N–H and O–H groups in total. The molecule has 6 rings (SSSR count). The molecule has 0 spiro atoms. The number of ketones is 1. The third kappa shape index (κ3) is 11.7. The summed E-state index contributed by atoms with van der Waals surface area (Å²) in [6.07, 6.45) is 1.94. The first kappa shape index (κ1) is 41.6. The number of carbonyl (C=O) groups excluding carboxylic acids is 4. The Kier molecular flexibility index (Phi) is 15.6. The van der Waals surface area contributed by atoms with E-state index in [0.717, 1.165) is 87.7 Å².